The van der Waals surface area contributed by atoms with Crippen LogP contribution in [0.2, 0.25) is 0 Å². The second kappa shape index (κ2) is 10.6. The lowest BCUT2D eigenvalue weighted by Crippen LogP contribution is -2.50. The number of carbonyl (C=O) groups is 2. The molecule has 1 N–H and O–H groups in total. The van der Waals surface area contributed by atoms with Gasteiger partial charge >= 0.3 is 0 Å². The van der Waals surface area contributed by atoms with Crippen molar-refractivity contribution >= 4 is 17.5 Å². The molecule has 2 heterocycles. The number of aromatic nitrogens is 4. The van der Waals surface area contributed by atoms with Gasteiger partial charge in [-0.25, -0.2) is 4.39 Å². The molecule has 1 atom stereocenters. The monoisotopic (exact) mass is 506 g/mol. The van der Waals surface area contributed by atoms with Crippen molar-refractivity contribution in [3.05, 3.63) is 78.5 Å². The van der Waals surface area contributed by atoms with E-state index in [0.29, 0.717) is 17.0 Å². The summed E-state index contributed by atoms with van der Waals surface area (Å²) in [5.74, 6) is -0.198. The number of hydrogen-bond donors (Lipinski definition) is 1. The SMILES string of the molecule is COc1ccc(N(C(=O)Cn2nnc(-c3ccc(F)cc3)n2)[C@H](C(=O)NC(C)(C)C)c2ccco2)cc1. The number of nitrogens with zero attached hydrogens (tertiary/aromatic N) is 5. The van der Waals surface area contributed by atoms with Crippen molar-refractivity contribution in [1.29, 1.82) is 0 Å². The van der Waals surface area contributed by atoms with E-state index in [2.05, 4.69) is 20.7 Å². The second-order valence-corrected chi connectivity index (χ2v) is 9.27. The second-order valence-electron chi connectivity index (χ2n) is 9.27. The quantitative estimate of drug-likeness (QED) is 0.387. The highest BCUT2D eigenvalue weighted by atomic mass is 19.1. The van der Waals surface area contributed by atoms with Gasteiger partial charge in [-0.15, -0.1) is 10.2 Å². The number of tetrazole rings is 1. The van der Waals surface area contributed by atoms with Crippen LogP contribution in [0.5, 0.6) is 5.75 Å². The number of carbonyl (C=O) groups excluding carboxylic acids is 2. The zero-order valence-corrected chi connectivity index (χ0v) is 20.9. The number of hydrogen-bond acceptors (Lipinski definition) is 7. The third kappa shape index (κ3) is 6.18. The van der Waals surface area contributed by atoms with E-state index in [9.17, 15) is 14.0 Å². The average Bonchev–Trinajstić information content (AvgIpc) is 3.54. The molecule has 0 aliphatic heterocycles. The van der Waals surface area contributed by atoms with Crippen LogP contribution in [0.3, 0.4) is 0 Å². The molecule has 37 heavy (non-hydrogen) atoms. The first-order valence-corrected chi connectivity index (χ1v) is 11.5. The number of halogens is 1. The van der Waals surface area contributed by atoms with E-state index >= 15 is 0 Å². The number of rotatable bonds is 8. The maximum absolute atomic E-state index is 13.8. The lowest BCUT2D eigenvalue weighted by molar-refractivity contribution is -0.128. The molecular weight excluding hydrogens is 479 g/mol. The fourth-order valence-electron chi connectivity index (χ4n) is 3.66. The van der Waals surface area contributed by atoms with Crippen LogP contribution in [0, 0.1) is 5.82 Å². The largest absolute Gasteiger partial charge is 0.497 e. The Morgan fingerprint density at radius 3 is 2.41 bits per heavy atom. The van der Waals surface area contributed by atoms with Gasteiger partial charge < -0.3 is 14.5 Å². The first kappa shape index (κ1) is 25.5. The molecule has 0 saturated carbocycles. The van der Waals surface area contributed by atoms with Gasteiger partial charge in [0.1, 0.15) is 23.9 Å². The topological polar surface area (TPSA) is 115 Å². The van der Waals surface area contributed by atoms with Crippen LogP contribution in [-0.4, -0.2) is 44.7 Å². The smallest absolute Gasteiger partial charge is 0.251 e. The molecule has 0 aliphatic rings. The van der Waals surface area contributed by atoms with Crippen LogP contribution in [0.15, 0.2) is 71.3 Å². The molecule has 10 nitrogen and oxygen atoms in total. The van der Waals surface area contributed by atoms with Crippen LogP contribution in [0.25, 0.3) is 11.4 Å². The van der Waals surface area contributed by atoms with Gasteiger partial charge in [0.05, 0.1) is 13.4 Å². The first-order valence-electron chi connectivity index (χ1n) is 11.5. The lowest BCUT2D eigenvalue weighted by atomic mass is 10.1. The Bertz CT molecular complexity index is 1350. The van der Waals surface area contributed by atoms with Crippen molar-refractivity contribution in [3.63, 3.8) is 0 Å². The molecule has 0 radical (unpaired) electrons. The Labute approximate surface area is 213 Å². The number of ether oxygens (including phenoxy) is 1. The van der Waals surface area contributed by atoms with E-state index in [1.54, 1.807) is 36.4 Å². The fraction of sp³-hybridized carbons (Fsp3) is 0.269. The summed E-state index contributed by atoms with van der Waals surface area (Å²) >= 11 is 0. The van der Waals surface area contributed by atoms with E-state index in [4.69, 9.17) is 9.15 Å². The van der Waals surface area contributed by atoms with Crippen LogP contribution in [0.1, 0.15) is 32.6 Å². The summed E-state index contributed by atoms with van der Waals surface area (Å²) in [5.41, 5.74) is 0.425. The number of anilines is 1. The molecule has 4 aromatic rings. The number of amides is 2. The Kier molecular flexibility index (Phi) is 7.32. The molecule has 2 aromatic carbocycles. The third-order valence-corrected chi connectivity index (χ3v) is 5.27. The van der Waals surface area contributed by atoms with Crippen molar-refractivity contribution in [2.45, 2.75) is 38.9 Å². The molecule has 0 aliphatic carbocycles. The van der Waals surface area contributed by atoms with Gasteiger partial charge in [0.15, 0.2) is 6.04 Å². The normalized spacial score (nSPS) is 12.1. The Morgan fingerprint density at radius 1 is 1.11 bits per heavy atom. The lowest BCUT2D eigenvalue weighted by Gasteiger charge is -2.32. The maximum atomic E-state index is 13.8. The molecule has 4 rings (SSSR count). The van der Waals surface area contributed by atoms with Crippen molar-refractivity contribution in [1.82, 2.24) is 25.5 Å². The summed E-state index contributed by atoms with van der Waals surface area (Å²) in [4.78, 5) is 29.7. The van der Waals surface area contributed by atoms with Gasteiger partial charge in [-0.1, -0.05) is 0 Å². The molecule has 192 valence electrons. The summed E-state index contributed by atoms with van der Waals surface area (Å²) in [7, 11) is 1.54. The number of benzene rings is 2. The zero-order valence-electron chi connectivity index (χ0n) is 20.9. The molecule has 0 spiro atoms. The molecule has 0 bridgehead atoms. The highest BCUT2D eigenvalue weighted by molar-refractivity contribution is 6.01. The minimum atomic E-state index is -1.12. The minimum Gasteiger partial charge on any atom is -0.497 e. The van der Waals surface area contributed by atoms with Crippen molar-refractivity contribution in [2.75, 3.05) is 12.0 Å². The Balaban J connectivity index is 1.70. The minimum absolute atomic E-state index is 0.233. The Hall–Kier alpha value is -4.54. The highest BCUT2D eigenvalue weighted by Gasteiger charge is 2.36. The van der Waals surface area contributed by atoms with Gasteiger partial charge in [0, 0.05) is 16.8 Å². The highest BCUT2D eigenvalue weighted by Crippen LogP contribution is 2.30. The molecule has 2 amide bonds. The van der Waals surface area contributed by atoms with Gasteiger partial charge in [0.2, 0.25) is 5.82 Å². The predicted molar refractivity (Wildman–Crippen MR) is 133 cm³/mol. The van der Waals surface area contributed by atoms with E-state index < -0.39 is 23.4 Å². The van der Waals surface area contributed by atoms with Crippen LogP contribution in [0.4, 0.5) is 10.1 Å². The summed E-state index contributed by atoms with van der Waals surface area (Å²) in [6.07, 6.45) is 1.44. The molecule has 0 saturated heterocycles. The van der Waals surface area contributed by atoms with Gasteiger partial charge in [-0.3, -0.25) is 14.5 Å². The van der Waals surface area contributed by atoms with Gasteiger partial charge in [0.25, 0.3) is 11.8 Å². The van der Waals surface area contributed by atoms with Crippen LogP contribution in [-0.2, 0) is 16.1 Å². The van der Waals surface area contributed by atoms with Crippen LogP contribution >= 0.6 is 0 Å². The Morgan fingerprint density at radius 2 is 1.81 bits per heavy atom. The molecule has 2 aromatic heterocycles. The number of nitrogens with one attached hydrogen (secondary N) is 1. The summed E-state index contributed by atoms with van der Waals surface area (Å²) < 4.78 is 24.1. The summed E-state index contributed by atoms with van der Waals surface area (Å²) in [6.45, 7) is 5.22. The fourth-order valence-corrected chi connectivity index (χ4v) is 3.66. The molecular formula is C26H27FN6O4. The number of furan rings is 1. The summed E-state index contributed by atoms with van der Waals surface area (Å²) in [6, 6.07) is 14.5. The molecule has 0 unspecified atom stereocenters. The van der Waals surface area contributed by atoms with E-state index in [1.165, 1.54) is 42.5 Å². The third-order valence-electron chi connectivity index (χ3n) is 5.27. The first-order chi connectivity index (χ1) is 17.6. The van der Waals surface area contributed by atoms with Crippen molar-refractivity contribution in [2.24, 2.45) is 0 Å². The van der Waals surface area contributed by atoms with Gasteiger partial charge in [-0.05, 0) is 86.6 Å². The van der Waals surface area contributed by atoms with E-state index in [0.717, 1.165) is 4.80 Å². The molecule has 0 fully saturated rings. The number of methoxy groups -OCH3 is 1. The maximum Gasteiger partial charge on any atom is 0.251 e. The predicted octanol–water partition coefficient (Wildman–Crippen LogP) is 3.77. The average molecular weight is 507 g/mol. The van der Waals surface area contributed by atoms with Crippen molar-refractivity contribution in [3.8, 4) is 17.1 Å². The molecule has 11 heteroatoms. The van der Waals surface area contributed by atoms with Crippen molar-refractivity contribution < 1.29 is 23.1 Å². The van der Waals surface area contributed by atoms with E-state index in [1.807, 2.05) is 20.8 Å². The standard InChI is InChI=1S/C26H27FN6O4/c1-26(2,3)28-25(35)23(21-6-5-15-37-21)33(19-11-13-20(36-4)14-12-19)22(34)16-32-30-24(29-31-32)17-7-9-18(27)10-8-17/h5-15,23H,16H2,1-4H3,(H,28,35)/t23-/m0/s1. The van der Waals surface area contributed by atoms with Gasteiger partial charge in [-0.2, -0.15) is 4.80 Å². The summed E-state index contributed by atoms with van der Waals surface area (Å²) in [5, 5.41) is 15.1. The van der Waals surface area contributed by atoms with E-state index in [-0.39, 0.29) is 23.9 Å². The van der Waals surface area contributed by atoms with Crippen LogP contribution < -0.4 is 15.0 Å². The zero-order chi connectivity index (χ0) is 26.6.